The highest BCUT2D eigenvalue weighted by atomic mass is 16.5. The first-order valence-corrected chi connectivity index (χ1v) is 7.58. The lowest BCUT2D eigenvalue weighted by Gasteiger charge is -2.23. The Kier molecular flexibility index (Phi) is 5.70. The Hall–Kier alpha value is -1.46. The molecule has 0 amide bonds. The lowest BCUT2D eigenvalue weighted by molar-refractivity contribution is -0.00161. The quantitative estimate of drug-likeness (QED) is 0.807. The summed E-state index contributed by atoms with van der Waals surface area (Å²) in [7, 11) is 1.64. The van der Waals surface area contributed by atoms with Crippen LogP contribution in [-0.2, 0) is 11.3 Å². The van der Waals surface area contributed by atoms with Crippen LogP contribution in [0.3, 0.4) is 0 Å². The predicted octanol–water partition coefficient (Wildman–Crippen LogP) is 2.43. The summed E-state index contributed by atoms with van der Waals surface area (Å²) in [6.45, 7) is 4.91. The molecule has 1 aromatic rings. The molecular weight excluding hydrogens is 266 g/mol. The van der Waals surface area contributed by atoms with E-state index in [4.69, 9.17) is 4.74 Å². The van der Waals surface area contributed by atoms with Crippen LogP contribution in [-0.4, -0.2) is 39.4 Å². The minimum absolute atomic E-state index is 0.0105. The number of nitrogens with zero attached hydrogens (tertiary/aromatic N) is 3. The lowest BCUT2D eigenvalue weighted by Crippen LogP contribution is -2.31. The summed E-state index contributed by atoms with van der Waals surface area (Å²) >= 11 is 0. The van der Waals surface area contributed by atoms with Crippen LogP contribution in [0, 0.1) is 5.92 Å². The van der Waals surface area contributed by atoms with Gasteiger partial charge in [0.15, 0.2) is 0 Å². The number of aryl methyl sites for hydroxylation is 1. The summed E-state index contributed by atoms with van der Waals surface area (Å²) in [4.78, 5) is 0. The Morgan fingerprint density at radius 2 is 2.19 bits per heavy atom. The minimum atomic E-state index is -0.564. The normalized spacial score (nSPS) is 32.0. The molecule has 2 heterocycles. The van der Waals surface area contributed by atoms with Crippen LogP contribution in [0.5, 0.6) is 0 Å². The average Bonchev–Trinajstić information content (AvgIpc) is 2.93. The number of aliphatic hydroxyl groups is 1. The third-order valence-corrected chi connectivity index (χ3v) is 4.00. The summed E-state index contributed by atoms with van der Waals surface area (Å²) in [5, 5.41) is 18.6. The van der Waals surface area contributed by atoms with Gasteiger partial charge in [-0.15, -0.1) is 5.10 Å². The van der Waals surface area contributed by atoms with Gasteiger partial charge < -0.3 is 9.84 Å². The Labute approximate surface area is 126 Å². The van der Waals surface area contributed by atoms with E-state index in [1.807, 2.05) is 24.6 Å². The molecule has 2 rings (SSSR count). The van der Waals surface area contributed by atoms with Crippen molar-refractivity contribution < 1.29 is 9.84 Å². The molecule has 116 valence electrons. The van der Waals surface area contributed by atoms with Gasteiger partial charge in [-0.2, -0.15) is 0 Å². The van der Waals surface area contributed by atoms with E-state index in [0.717, 1.165) is 37.1 Å². The number of allylic oxidation sites excluding steroid dienone is 2. The molecule has 1 N–H and O–H groups in total. The molecule has 0 spiro atoms. The van der Waals surface area contributed by atoms with Crippen molar-refractivity contribution in [3.8, 4) is 0 Å². The van der Waals surface area contributed by atoms with Gasteiger partial charge in [0, 0.05) is 19.6 Å². The fourth-order valence-electron chi connectivity index (χ4n) is 2.69. The minimum Gasteiger partial charge on any atom is -0.389 e. The van der Waals surface area contributed by atoms with Gasteiger partial charge in [-0.25, -0.2) is 4.68 Å². The zero-order chi connectivity index (χ0) is 15.2. The van der Waals surface area contributed by atoms with Crippen molar-refractivity contribution in [1.29, 1.82) is 0 Å². The molecule has 1 aliphatic heterocycles. The van der Waals surface area contributed by atoms with E-state index in [-0.39, 0.29) is 12.0 Å². The Morgan fingerprint density at radius 1 is 1.38 bits per heavy atom. The summed E-state index contributed by atoms with van der Waals surface area (Å²) in [5.41, 5.74) is 2.11. The van der Waals surface area contributed by atoms with Crippen molar-refractivity contribution in [2.24, 2.45) is 5.92 Å². The number of hydrogen-bond acceptors (Lipinski definition) is 4. The highest BCUT2D eigenvalue weighted by Gasteiger charge is 2.22. The van der Waals surface area contributed by atoms with E-state index in [1.54, 1.807) is 13.3 Å². The number of ether oxygens (including phenoxy) is 1. The monoisotopic (exact) mass is 291 g/mol. The number of rotatable bonds is 1. The van der Waals surface area contributed by atoms with Gasteiger partial charge in [-0.05, 0) is 31.8 Å². The van der Waals surface area contributed by atoms with Crippen LogP contribution in [0.4, 0.5) is 0 Å². The van der Waals surface area contributed by atoms with Crippen LogP contribution in [0.2, 0.25) is 0 Å². The van der Waals surface area contributed by atoms with E-state index < -0.39 is 6.10 Å². The molecule has 0 aliphatic carbocycles. The average molecular weight is 291 g/mol. The van der Waals surface area contributed by atoms with Gasteiger partial charge in [0.25, 0.3) is 0 Å². The van der Waals surface area contributed by atoms with Crippen LogP contribution in [0.15, 0.2) is 24.4 Å². The third-order valence-electron chi connectivity index (χ3n) is 4.00. The fourth-order valence-corrected chi connectivity index (χ4v) is 2.69. The lowest BCUT2D eigenvalue weighted by atomic mass is 9.96. The number of fused-ring (bicyclic) bond motifs is 1. The molecule has 0 aromatic carbocycles. The van der Waals surface area contributed by atoms with Gasteiger partial charge in [0.2, 0.25) is 0 Å². The molecule has 0 bridgehead atoms. The smallest absolute Gasteiger partial charge is 0.102 e. The van der Waals surface area contributed by atoms with Gasteiger partial charge in [0.05, 0.1) is 18.0 Å². The van der Waals surface area contributed by atoms with Crippen LogP contribution < -0.4 is 0 Å². The van der Waals surface area contributed by atoms with Crippen molar-refractivity contribution in [3.05, 3.63) is 30.1 Å². The Balaban J connectivity index is 2.29. The van der Waals surface area contributed by atoms with Crippen molar-refractivity contribution in [3.63, 3.8) is 0 Å². The number of aromatic nitrogens is 3. The molecule has 0 radical (unpaired) electrons. The van der Waals surface area contributed by atoms with Gasteiger partial charge in [-0.1, -0.05) is 30.4 Å². The topological polar surface area (TPSA) is 60.2 Å². The van der Waals surface area contributed by atoms with Crippen LogP contribution in [0.25, 0.3) is 5.57 Å². The number of hydrogen-bond donors (Lipinski definition) is 1. The zero-order valence-corrected chi connectivity index (χ0v) is 13.1. The summed E-state index contributed by atoms with van der Waals surface area (Å²) in [5.74, 6) is -0.0105. The van der Waals surface area contributed by atoms with Crippen LogP contribution in [0.1, 0.15) is 38.8 Å². The van der Waals surface area contributed by atoms with Gasteiger partial charge in [0.1, 0.15) is 6.10 Å². The van der Waals surface area contributed by atoms with Crippen molar-refractivity contribution >= 4 is 5.57 Å². The maximum Gasteiger partial charge on any atom is 0.102 e. The SMILES string of the molecule is CO[C@H]1/C=C/CCCCn2nncc2/C(C)=C\[C@@H](C)[C@@H]1O. The summed E-state index contributed by atoms with van der Waals surface area (Å²) in [6, 6.07) is 0. The Morgan fingerprint density at radius 3 is 2.95 bits per heavy atom. The maximum absolute atomic E-state index is 10.4. The van der Waals surface area contributed by atoms with Crippen molar-refractivity contribution in [2.45, 2.75) is 51.9 Å². The molecule has 0 fully saturated rings. The zero-order valence-electron chi connectivity index (χ0n) is 13.1. The largest absolute Gasteiger partial charge is 0.389 e. The molecular formula is C16H25N3O2. The van der Waals surface area contributed by atoms with Crippen LogP contribution >= 0.6 is 0 Å². The standard InChI is InChI=1S/C16H25N3O2/c1-12-10-13(2)16(20)15(21-3)8-6-4-5-7-9-19-14(12)11-17-18-19/h6,8,10-11,13,15-16,20H,4-5,7,9H2,1-3H3/b8-6+,12-10-/t13-,15+,16+/m1/s1. The maximum atomic E-state index is 10.4. The molecule has 0 saturated heterocycles. The first-order valence-electron chi connectivity index (χ1n) is 7.58. The molecule has 5 nitrogen and oxygen atoms in total. The molecule has 5 heteroatoms. The molecule has 21 heavy (non-hydrogen) atoms. The number of methoxy groups -OCH3 is 1. The molecule has 0 unspecified atom stereocenters. The Bertz CT molecular complexity index is 507. The predicted molar refractivity (Wildman–Crippen MR) is 82.6 cm³/mol. The molecule has 1 aliphatic rings. The highest BCUT2D eigenvalue weighted by molar-refractivity contribution is 5.60. The van der Waals surface area contributed by atoms with Gasteiger partial charge in [-0.3, -0.25) is 0 Å². The summed E-state index contributed by atoms with van der Waals surface area (Å²) < 4.78 is 7.35. The third kappa shape index (κ3) is 4.02. The van der Waals surface area contributed by atoms with E-state index in [0.29, 0.717) is 0 Å². The second kappa shape index (κ2) is 7.52. The first kappa shape index (κ1) is 15.9. The van der Waals surface area contributed by atoms with E-state index in [2.05, 4.69) is 22.5 Å². The van der Waals surface area contributed by atoms with Gasteiger partial charge >= 0.3 is 0 Å². The molecule has 3 atom stereocenters. The summed E-state index contributed by atoms with van der Waals surface area (Å²) in [6.07, 6.45) is 10.2. The first-order chi connectivity index (χ1) is 10.1. The number of aliphatic hydroxyl groups excluding tert-OH is 1. The molecule has 1 aromatic heterocycles. The highest BCUT2D eigenvalue weighted by Crippen LogP contribution is 2.21. The molecule has 0 saturated carbocycles. The van der Waals surface area contributed by atoms with Crippen molar-refractivity contribution in [2.75, 3.05) is 7.11 Å². The van der Waals surface area contributed by atoms with E-state index >= 15 is 0 Å². The second-order valence-corrected chi connectivity index (χ2v) is 5.67. The van der Waals surface area contributed by atoms with E-state index in [1.165, 1.54) is 0 Å². The fraction of sp³-hybridized carbons (Fsp3) is 0.625. The second-order valence-electron chi connectivity index (χ2n) is 5.67. The van der Waals surface area contributed by atoms with E-state index in [9.17, 15) is 5.11 Å². The van der Waals surface area contributed by atoms with Crippen molar-refractivity contribution in [1.82, 2.24) is 15.0 Å².